The van der Waals surface area contributed by atoms with Crippen LogP contribution in [0.1, 0.15) is 25.7 Å². The summed E-state index contributed by atoms with van der Waals surface area (Å²) in [6.07, 6.45) is 5.26. The number of thiol groups is 1. The molecule has 0 aromatic rings. The average Bonchev–Trinajstić information content (AvgIpc) is 2.76. The molecule has 1 aliphatic heterocycles. The predicted molar refractivity (Wildman–Crippen MR) is 59.7 cm³/mol. The fourth-order valence-corrected chi connectivity index (χ4v) is 2.80. The minimum atomic E-state index is 0.107. The summed E-state index contributed by atoms with van der Waals surface area (Å²) >= 11 is 4.15. The average molecular weight is 214 g/mol. The lowest BCUT2D eigenvalue weighted by molar-refractivity contribution is 0.220. The molecular formula is C10H18N2OS. The van der Waals surface area contributed by atoms with Crippen LogP contribution in [0.15, 0.2) is 0 Å². The number of amides is 2. The standard InChI is InChI=1S/C10H18N2OS/c13-10-11-9(7-12(10)5-6-14)8-3-1-2-4-8/h8-9,14H,1-7H2,(H,11,13). The summed E-state index contributed by atoms with van der Waals surface area (Å²) in [6, 6.07) is 0.515. The highest BCUT2D eigenvalue weighted by Gasteiger charge is 2.34. The molecule has 1 N–H and O–H groups in total. The number of urea groups is 1. The van der Waals surface area contributed by atoms with Gasteiger partial charge in [-0.05, 0) is 18.8 Å². The van der Waals surface area contributed by atoms with Gasteiger partial charge in [0.1, 0.15) is 0 Å². The molecule has 14 heavy (non-hydrogen) atoms. The van der Waals surface area contributed by atoms with Crippen LogP contribution in [0, 0.1) is 5.92 Å². The van der Waals surface area contributed by atoms with Gasteiger partial charge in [-0.1, -0.05) is 12.8 Å². The minimum absolute atomic E-state index is 0.107. The molecule has 4 heteroatoms. The highest BCUT2D eigenvalue weighted by Crippen LogP contribution is 2.29. The zero-order valence-corrected chi connectivity index (χ0v) is 9.30. The molecule has 1 atom stereocenters. The van der Waals surface area contributed by atoms with E-state index in [1.165, 1.54) is 25.7 Å². The van der Waals surface area contributed by atoms with Gasteiger partial charge in [0, 0.05) is 18.8 Å². The van der Waals surface area contributed by atoms with Crippen LogP contribution in [0.2, 0.25) is 0 Å². The molecule has 80 valence electrons. The molecule has 2 amide bonds. The van der Waals surface area contributed by atoms with Crippen molar-refractivity contribution in [1.29, 1.82) is 0 Å². The zero-order valence-electron chi connectivity index (χ0n) is 8.41. The van der Waals surface area contributed by atoms with Gasteiger partial charge >= 0.3 is 6.03 Å². The SMILES string of the molecule is O=C1NC(C2CCCC2)CN1CCS. The van der Waals surface area contributed by atoms with Gasteiger partial charge in [-0.2, -0.15) is 12.6 Å². The van der Waals surface area contributed by atoms with E-state index in [2.05, 4.69) is 17.9 Å². The topological polar surface area (TPSA) is 32.3 Å². The van der Waals surface area contributed by atoms with Crippen molar-refractivity contribution in [3.05, 3.63) is 0 Å². The van der Waals surface area contributed by atoms with Gasteiger partial charge in [0.2, 0.25) is 0 Å². The molecule has 1 aliphatic carbocycles. The van der Waals surface area contributed by atoms with E-state index in [-0.39, 0.29) is 6.03 Å². The van der Waals surface area contributed by atoms with E-state index < -0.39 is 0 Å². The predicted octanol–water partition coefficient (Wildman–Crippen LogP) is 1.50. The molecule has 1 unspecified atom stereocenters. The van der Waals surface area contributed by atoms with Crippen molar-refractivity contribution >= 4 is 18.7 Å². The van der Waals surface area contributed by atoms with Gasteiger partial charge in [0.25, 0.3) is 0 Å². The van der Waals surface area contributed by atoms with E-state index in [4.69, 9.17) is 0 Å². The Morgan fingerprint density at radius 1 is 1.43 bits per heavy atom. The van der Waals surface area contributed by atoms with Crippen molar-refractivity contribution in [3.63, 3.8) is 0 Å². The van der Waals surface area contributed by atoms with E-state index in [1.807, 2.05) is 4.90 Å². The first-order valence-corrected chi connectivity index (χ1v) is 6.11. The molecular weight excluding hydrogens is 196 g/mol. The fraction of sp³-hybridized carbons (Fsp3) is 0.900. The quantitative estimate of drug-likeness (QED) is 0.686. The summed E-state index contributed by atoms with van der Waals surface area (Å²) in [6.45, 7) is 1.67. The van der Waals surface area contributed by atoms with Crippen molar-refractivity contribution in [3.8, 4) is 0 Å². The number of carbonyl (C=O) groups excluding carboxylic acids is 1. The summed E-state index contributed by atoms with van der Waals surface area (Å²) in [5.41, 5.74) is 0. The van der Waals surface area contributed by atoms with Crippen molar-refractivity contribution in [2.24, 2.45) is 5.92 Å². The summed E-state index contributed by atoms with van der Waals surface area (Å²) in [4.78, 5) is 13.4. The molecule has 0 aromatic carbocycles. The van der Waals surface area contributed by atoms with Gasteiger partial charge < -0.3 is 10.2 Å². The third-order valence-electron chi connectivity index (χ3n) is 3.35. The molecule has 1 saturated heterocycles. The summed E-state index contributed by atoms with van der Waals surface area (Å²) in [7, 11) is 0. The van der Waals surface area contributed by atoms with Crippen molar-refractivity contribution in [2.75, 3.05) is 18.8 Å². The Morgan fingerprint density at radius 2 is 2.14 bits per heavy atom. The van der Waals surface area contributed by atoms with Gasteiger partial charge in [-0.15, -0.1) is 0 Å². The van der Waals surface area contributed by atoms with Gasteiger partial charge in [0.15, 0.2) is 0 Å². The molecule has 2 fully saturated rings. The fourth-order valence-electron chi connectivity index (χ4n) is 2.56. The third kappa shape index (κ3) is 2.00. The molecule has 0 radical (unpaired) electrons. The normalized spacial score (nSPS) is 28.5. The Balaban J connectivity index is 1.88. The van der Waals surface area contributed by atoms with Crippen LogP contribution < -0.4 is 5.32 Å². The summed E-state index contributed by atoms with van der Waals surface area (Å²) < 4.78 is 0. The van der Waals surface area contributed by atoms with Gasteiger partial charge in [0.05, 0.1) is 6.04 Å². The minimum Gasteiger partial charge on any atom is -0.333 e. The van der Waals surface area contributed by atoms with Crippen LogP contribution in [0.5, 0.6) is 0 Å². The lowest BCUT2D eigenvalue weighted by Crippen LogP contribution is -2.32. The summed E-state index contributed by atoms with van der Waals surface area (Å²) in [5, 5.41) is 3.08. The Labute approximate surface area is 90.6 Å². The molecule has 0 bridgehead atoms. The first kappa shape index (κ1) is 10.1. The van der Waals surface area contributed by atoms with E-state index in [0.29, 0.717) is 6.04 Å². The number of hydrogen-bond donors (Lipinski definition) is 2. The second-order valence-corrected chi connectivity index (χ2v) is 4.72. The highest BCUT2D eigenvalue weighted by molar-refractivity contribution is 7.80. The Kier molecular flexibility index (Phi) is 3.21. The molecule has 0 aromatic heterocycles. The Bertz CT molecular complexity index is 216. The van der Waals surface area contributed by atoms with Crippen molar-refractivity contribution in [2.45, 2.75) is 31.7 Å². The second-order valence-electron chi connectivity index (χ2n) is 4.27. The van der Waals surface area contributed by atoms with Gasteiger partial charge in [-0.3, -0.25) is 0 Å². The Morgan fingerprint density at radius 3 is 2.79 bits per heavy atom. The van der Waals surface area contributed by atoms with Crippen LogP contribution in [-0.4, -0.2) is 35.8 Å². The maximum atomic E-state index is 11.5. The zero-order chi connectivity index (χ0) is 9.97. The third-order valence-corrected chi connectivity index (χ3v) is 3.55. The van der Waals surface area contributed by atoms with Crippen LogP contribution in [0.4, 0.5) is 4.79 Å². The number of rotatable bonds is 3. The summed E-state index contributed by atoms with van der Waals surface area (Å²) in [5.74, 6) is 1.48. The smallest absolute Gasteiger partial charge is 0.317 e. The first-order chi connectivity index (χ1) is 6.81. The number of nitrogens with zero attached hydrogens (tertiary/aromatic N) is 1. The molecule has 0 spiro atoms. The lowest BCUT2D eigenvalue weighted by Gasteiger charge is -2.17. The molecule has 2 rings (SSSR count). The molecule has 3 nitrogen and oxygen atoms in total. The van der Waals surface area contributed by atoms with Crippen LogP contribution in [0.25, 0.3) is 0 Å². The largest absolute Gasteiger partial charge is 0.333 e. The van der Waals surface area contributed by atoms with Crippen LogP contribution in [-0.2, 0) is 0 Å². The van der Waals surface area contributed by atoms with E-state index in [1.54, 1.807) is 0 Å². The van der Waals surface area contributed by atoms with E-state index >= 15 is 0 Å². The monoisotopic (exact) mass is 214 g/mol. The van der Waals surface area contributed by atoms with Crippen molar-refractivity contribution < 1.29 is 4.79 Å². The van der Waals surface area contributed by atoms with E-state index in [9.17, 15) is 4.79 Å². The number of nitrogens with one attached hydrogen (secondary N) is 1. The molecule has 1 saturated carbocycles. The highest BCUT2D eigenvalue weighted by atomic mass is 32.1. The number of carbonyl (C=O) groups is 1. The maximum Gasteiger partial charge on any atom is 0.317 e. The maximum absolute atomic E-state index is 11.5. The first-order valence-electron chi connectivity index (χ1n) is 5.47. The lowest BCUT2D eigenvalue weighted by atomic mass is 9.99. The van der Waals surface area contributed by atoms with Gasteiger partial charge in [-0.25, -0.2) is 4.79 Å². The van der Waals surface area contributed by atoms with Crippen molar-refractivity contribution in [1.82, 2.24) is 10.2 Å². The van der Waals surface area contributed by atoms with Crippen LogP contribution >= 0.6 is 12.6 Å². The second kappa shape index (κ2) is 4.43. The van der Waals surface area contributed by atoms with E-state index in [0.717, 1.165) is 24.8 Å². The Hall–Kier alpha value is -0.380. The number of hydrogen-bond acceptors (Lipinski definition) is 2. The molecule has 2 aliphatic rings. The molecule has 1 heterocycles. The van der Waals surface area contributed by atoms with Crippen LogP contribution in [0.3, 0.4) is 0 Å².